The molecule has 9 nitrogen and oxygen atoms in total. The average molecular weight is 404 g/mol. The summed E-state index contributed by atoms with van der Waals surface area (Å²) >= 11 is 0. The number of carbonyl (C=O) groups excluding carboxylic acids is 3. The minimum absolute atomic E-state index is 0.0527. The second kappa shape index (κ2) is 7.21. The Morgan fingerprint density at radius 1 is 1.03 bits per heavy atom. The maximum atomic E-state index is 12.6. The molecule has 1 aromatic heterocycles. The molecule has 4 N–H and O–H groups in total. The molecule has 0 saturated carbocycles. The number of rotatable bonds is 4. The van der Waals surface area contributed by atoms with Crippen LogP contribution in [-0.2, 0) is 0 Å². The van der Waals surface area contributed by atoms with Crippen LogP contribution in [0.25, 0.3) is 5.69 Å². The molecule has 150 valence electrons. The van der Waals surface area contributed by atoms with Crippen molar-refractivity contribution < 1.29 is 19.1 Å². The fourth-order valence-electron chi connectivity index (χ4n) is 3.30. The number of methoxy groups -OCH3 is 1. The number of nitrogen functional groups attached to an aromatic ring is 1. The Morgan fingerprint density at radius 2 is 1.80 bits per heavy atom. The zero-order valence-corrected chi connectivity index (χ0v) is 15.8. The van der Waals surface area contributed by atoms with Gasteiger partial charge in [0.15, 0.2) is 0 Å². The van der Waals surface area contributed by atoms with Crippen molar-refractivity contribution in [1.29, 1.82) is 0 Å². The van der Waals surface area contributed by atoms with E-state index in [1.165, 1.54) is 13.2 Å². The first-order chi connectivity index (χ1) is 14.4. The normalized spacial score (nSPS) is 12.3. The number of aromatic nitrogens is 1. The van der Waals surface area contributed by atoms with Crippen LogP contribution in [0.4, 0.5) is 11.5 Å². The zero-order chi connectivity index (χ0) is 21.4. The van der Waals surface area contributed by atoms with Crippen LogP contribution < -0.4 is 26.7 Å². The second-order valence-electron chi connectivity index (χ2n) is 6.48. The quantitative estimate of drug-likeness (QED) is 0.566. The van der Waals surface area contributed by atoms with Crippen molar-refractivity contribution in [2.75, 3.05) is 18.2 Å². The van der Waals surface area contributed by atoms with Gasteiger partial charge in [0.1, 0.15) is 11.6 Å². The van der Waals surface area contributed by atoms with Crippen LogP contribution in [0.5, 0.6) is 5.75 Å². The number of fused-ring (bicyclic) bond motifs is 1. The third kappa shape index (κ3) is 3.08. The van der Waals surface area contributed by atoms with Crippen molar-refractivity contribution in [3.63, 3.8) is 0 Å². The molecule has 3 amide bonds. The number of pyridine rings is 1. The molecule has 0 unspecified atom stereocenters. The predicted molar refractivity (Wildman–Crippen MR) is 109 cm³/mol. The van der Waals surface area contributed by atoms with Gasteiger partial charge in [0.2, 0.25) is 0 Å². The maximum absolute atomic E-state index is 12.6. The van der Waals surface area contributed by atoms with Crippen molar-refractivity contribution in [2.24, 2.45) is 0 Å². The smallest absolute Gasteiger partial charge is 0.262 e. The first-order valence-electron chi connectivity index (χ1n) is 8.86. The molecular weight excluding hydrogens is 388 g/mol. The number of amides is 3. The maximum Gasteiger partial charge on any atom is 0.262 e. The van der Waals surface area contributed by atoms with Gasteiger partial charge in [0.05, 0.1) is 29.5 Å². The third-order valence-corrected chi connectivity index (χ3v) is 4.67. The van der Waals surface area contributed by atoms with Gasteiger partial charge in [0.25, 0.3) is 23.3 Å². The van der Waals surface area contributed by atoms with Gasteiger partial charge in [-0.05, 0) is 30.3 Å². The van der Waals surface area contributed by atoms with Gasteiger partial charge in [-0.15, -0.1) is 0 Å². The SMILES string of the molecule is COc1ccccc1C(=O)Nc1cccc(-n2c(N)c3c(cc2=O)C(=O)NC3=O)c1. The number of hydrogen-bond donors (Lipinski definition) is 3. The van der Waals surface area contributed by atoms with Gasteiger partial charge < -0.3 is 15.8 Å². The summed E-state index contributed by atoms with van der Waals surface area (Å²) in [5, 5.41) is 4.86. The number of para-hydroxylation sites is 1. The summed E-state index contributed by atoms with van der Waals surface area (Å²) in [6, 6.07) is 14.2. The molecule has 1 aliphatic rings. The number of carbonyl (C=O) groups is 3. The highest BCUT2D eigenvalue weighted by atomic mass is 16.5. The lowest BCUT2D eigenvalue weighted by atomic mass is 10.1. The van der Waals surface area contributed by atoms with Gasteiger partial charge in [0, 0.05) is 11.8 Å². The van der Waals surface area contributed by atoms with E-state index in [9.17, 15) is 19.2 Å². The topological polar surface area (TPSA) is 133 Å². The Kier molecular flexibility index (Phi) is 4.55. The number of hydrogen-bond acceptors (Lipinski definition) is 6. The van der Waals surface area contributed by atoms with Gasteiger partial charge in [-0.25, -0.2) is 0 Å². The van der Waals surface area contributed by atoms with E-state index in [-0.39, 0.29) is 16.9 Å². The number of nitrogens with one attached hydrogen (secondary N) is 2. The molecule has 4 rings (SSSR count). The van der Waals surface area contributed by atoms with E-state index < -0.39 is 23.3 Å². The van der Waals surface area contributed by atoms with Crippen molar-refractivity contribution in [3.05, 3.63) is 81.6 Å². The Bertz CT molecular complexity index is 1280. The molecule has 0 fully saturated rings. The van der Waals surface area contributed by atoms with Crippen molar-refractivity contribution in [1.82, 2.24) is 9.88 Å². The lowest BCUT2D eigenvalue weighted by Gasteiger charge is -2.14. The average Bonchev–Trinajstić information content (AvgIpc) is 3.01. The van der Waals surface area contributed by atoms with E-state index in [1.807, 2.05) is 0 Å². The first-order valence-corrected chi connectivity index (χ1v) is 8.86. The Hall–Kier alpha value is -4.40. The van der Waals surface area contributed by atoms with Crippen LogP contribution in [0.15, 0.2) is 59.4 Å². The Morgan fingerprint density at radius 3 is 2.57 bits per heavy atom. The fraction of sp³-hybridized carbons (Fsp3) is 0.0476. The van der Waals surface area contributed by atoms with E-state index >= 15 is 0 Å². The van der Waals surface area contributed by atoms with Crippen molar-refractivity contribution >= 4 is 29.2 Å². The molecule has 2 aromatic carbocycles. The van der Waals surface area contributed by atoms with Crippen molar-refractivity contribution in [2.45, 2.75) is 0 Å². The number of imide groups is 1. The highest BCUT2D eigenvalue weighted by Crippen LogP contribution is 2.25. The molecule has 2 heterocycles. The van der Waals surface area contributed by atoms with E-state index in [0.29, 0.717) is 22.7 Å². The number of nitrogens with two attached hydrogens (primary N) is 1. The Labute approximate surface area is 170 Å². The standard InChI is InChI=1S/C21H16N4O5/c1-30-15-8-3-2-7-13(15)19(27)23-11-5-4-6-12(9-11)25-16(26)10-14-17(18(25)22)21(29)24-20(14)28/h2-10H,22H2,1H3,(H,23,27)(H,24,28,29). The zero-order valence-electron chi connectivity index (χ0n) is 15.8. The molecule has 0 saturated heterocycles. The monoisotopic (exact) mass is 404 g/mol. The molecule has 30 heavy (non-hydrogen) atoms. The van der Waals surface area contributed by atoms with Gasteiger partial charge in [-0.1, -0.05) is 18.2 Å². The lowest BCUT2D eigenvalue weighted by molar-refractivity contribution is 0.0879. The minimum Gasteiger partial charge on any atom is -0.496 e. The summed E-state index contributed by atoms with van der Waals surface area (Å²) in [6.45, 7) is 0. The van der Waals surface area contributed by atoms with Crippen LogP contribution in [0.2, 0.25) is 0 Å². The van der Waals surface area contributed by atoms with Crippen LogP contribution in [0.1, 0.15) is 31.1 Å². The molecule has 1 aliphatic heterocycles. The van der Waals surface area contributed by atoms with E-state index in [1.54, 1.807) is 42.5 Å². The highest BCUT2D eigenvalue weighted by molar-refractivity contribution is 6.23. The lowest BCUT2D eigenvalue weighted by Crippen LogP contribution is -2.24. The van der Waals surface area contributed by atoms with Gasteiger partial charge in [-0.3, -0.25) is 29.1 Å². The second-order valence-corrected chi connectivity index (χ2v) is 6.48. The molecule has 0 radical (unpaired) electrons. The van der Waals surface area contributed by atoms with Gasteiger partial charge >= 0.3 is 0 Å². The minimum atomic E-state index is -0.665. The molecular formula is C21H16N4O5. The van der Waals surface area contributed by atoms with Gasteiger partial charge in [-0.2, -0.15) is 0 Å². The van der Waals surface area contributed by atoms with E-state index in [2.05, 4.69) is 10.6 Å². The van der Waals surface area contributed by atoms with Crippen molar-refractivity contribution in [3.8, 4) is 11.4 Å². The predicted octanol–water partition coefficient (Wildman–Crippen LogP) is 1.56. The molecule has 0 aliphatic carbocycles. The molecule has 0 atom stereocenters. The number of nitrogens with zero attached hydrogens (tertiary/aromatic N) is 1. The summed E-state index contributed by atoms with van der Waals surface area (Å²) in [5.41, 5.74) is 6.42. The van der Waals surface area contributed by atoms with Crippen LogP contribution in [0, 0.1) is 0 Å². The molecule has 9 heteroatoms. The molecule has 0 bridgehead atoms. The summed E-state index contributed by atoms with van der Waals surface area (Å²) < 4.78 is 6.31. The number of ether oxygens (including phenoxy) is 1. The number of anilines is 2. The number of benzene rings is 2. The first kappa shape index (κ1) is 18.9. The largest absolute Gasteiger partial charge is 0.496 e. The fourth-order valence-corrected chi connectivity index (χ4v) is 3.30. The third-order valence-electron chi connectivity index (χ3n) is 4.67. The summed E-state index contributed by atoms with van der Waals surface area (Å²) in [5.74, 6) is -1.47. The molecule has 0 spiro atoms. The summed E-state index contributed by atoms with van der Waals surface area (Å²) in [4.78, 5) is 49.0. The summed E-state index contributed by atoms with van der Waals surface area (Å²) in [7, 11) is 1.47. The van der Waals surface area contributed by atoms with Crippen LogP contribution in [0.3, 0.4) is 0 Å². The molecule has 3 aromatic rings. The van der Waals surface area contributed by atoms with Crippen LogP contribution >= 0.6 is 0 Å². The van der Waals surface area contributed by atoms with E-state index in [0.717, 1.165) is 10.6 Å². The highest BCUT2D eigenvalue weighted by Gasteiger charge is 2.31. The Balaban J connectivity index is 1.73. The van der Waals surface area contributed by atoms with E-state index in [4.69, 9.17) is 10.5 Å². The summed E-state index contributed by atoms with van der Waals surface area (Å²) in [6.07, 6.45) is 0. The van der Waals surface area contributed by atoms with Crippen LogP contribution in [-0.4, -0.2) is 29.4 Å².